The van der Waals surface area contributed by atoms with Gasteiger partial charge in [-0.1, -0.05) is 17.7 Å². The lowest BCUT2D eigenvalue weighted by Crippen LogP contribution is -2.17. The zero-order valence-electron chi connectivity index (χ0n) is 13.8. The molecule has 1 saturated heterocycles. The summed E-state index contributed by atoms with van der Waals surface area (Å²) >= 11 is 0. The van der Waals surface area contributed by atoms with Crippen molar-refractivity contribution in [3.63, 3.8) is 0 Å². The number of anilines is 1. The van der Waals surface area contributed by atoms with Gasteiger partial charge in [-0.2, -0.15) is 10.2 Å². The molecule has 0 bridgehead atoms. The molecule has 1 aliphatic rings. The van der Waals surface area contributed by atoms with Crippen molar-refractivity contribution in [2.45, 2.75) is 40.2 Å². The van der Waals surface area contributed by atoms with Crippen LogP contribution in [0.25, 0.3) is 0 Å². The molecule has 0 spiro atoms. The first-order chi connectivity index (χ1) is 11.1. The van der Waals surface area contributed by atoms with Gasteiger partial charge in [-0.05, 0) is 44.7 Å². The van der Waals surface area contributed by atoms with Gasteiger partial charge in [-0.15, -0.1) is 0 Å². The number of benzene rings is 1. The van der Waals surface area contributed by atoms with Crippen LogP contribution in [0.4, 0.5) is 5.88 Å². The highest BCUT2D eigenvalue weighted by Gasteiger charge is 2.22. The molecule has 1 fully saturated rings. The van der Waals surface area contributed by atoms with Crippen molar-refractivity contribution in [3.8, 4) is 11.8 Å². The third kappa shape index (κ3) is 3.16. The molecule has 2 aromatic rings. The molecule has 0 aliphatic carbocycles. The first-order valence-corrected chi connectivity index (χ1v) is 7.94. The van der Waals surface area contributed by atoms with Crippen LogP contribution in [0.1, 0.15) is 41.1 Å². The van der Waals surface area contributed by atoms with Crippen LogP contribution >= 0.6 is 0 Å². The number of aryl methyl sites for hydroxylation is 3. The summed E-state index contributed by atoms with van der Waals surface area (Å²) in [4.78, 5) is 6.35. The molecule has 0 saturated carbocycles. The summed E-state index contributed by atoms with van der Waals surface area (Å²) < 4.78 is 11.7. The second-order valence-corrected chi connectivity index (χ2v) is 6.08. The van der Waals surface area contributed by atoms with Gasteiger partial charge < -0.3 is 14.1 Å². The van der Waals surface area contributed by atoms with Gasteiger partial charge >= 0.3 is 0 Å². The normalized spacial score (nSPS) is 14.1. The highest BCUT2D eigenvalue weighted by atomic mass is 16.5. The van der Waals surface area contributed by atoms with Crippen LogP contribution in [0.15, 0.2) is 16.5 Å². The zero-order valence-corrected chi connectivity index (χ0v) is 13.8. The first-order valence-electron chi connectivity index (χ1n) is 7.94. The Balaban J connectivity index is 1.78. The number of nitrogens with zero attached hydrogens (tertiary/aromatic N) is 3. The SMILES string of the molecule is Cc1cc(C)c(OCc2nc(C#N)c(N3CCCC3)o2)c(C)c1. The first kappa shape index (κ1) is 15.4. The molecular weight excluding hydrogens is 290 g/mol. The molecule has 3 rings (SSSR count). The predicted molar refractivity (Wildman–Crippen MR) is 87.7 cm³/mol. The van der Waals surface area contributed by atoms with Crippen LogP contribution in [0.3, 0.4) is 0 Å². The molecule has 0 radical (unpaired) electrons. The molecule has 1 aromatic carbocycles. The van der Waals surface area contributed by atoms with Crippen molar-refractivity contribution in [3.05, 3.63) is 40.4 Å². The van der Waals surface area contributed by atoms with Crippen LogP contribution in [-0.4, -0.2) is 18.1 Å². The van der Waals surface area contributed by atoms with E-state index in [4.69, 9.17) is 9.15 Å². The Labute approximate surface area is 136 Å². The van der Waals surface area contributed by atoms with Gasteiger partial charge in [-0.25, -0.2) is 0 Å². The Kier molecular flexibility index (Phi) is 4.24. The summed E-state index contributed by atoms with van der Waals surface area (Å²) in [5.41, 5.74) is 3.75. The van der Waals surface area contributed by atoms with E-state index in [9.17, 15) is 5.26 Å². The van der Waals surface area contributed by atoms with Crippen LogP contribution in [0.2, 0.25) is 0 Å². The average molecular weight is 311 g/mol. The lowest BCUT2D eigenvalue weighted by atomic mass is 10.1. The van der Waals surface area contributed by atoms with E-state index in [1.54, 1.807) is 0 Å². The molecule has 1 aromatic heterocycles. The largest absolute Gasteiger partial charge is 0.483 e. The Morgan fingerprint density at radius 3 is 2.48 bits per heavy atom. The van der Waals surface area contributed by atoms with Crippen molar-refractivity contribution < 1.29 is 9.15 Å². The minimum absolute atomic E-state index is 0.229. The molecule has 120 valence electrons. The lowest BCUT2D eigenvalue weighted by molar-refractivity contribution is 0.260. The number of ether oxygens (including phenoxy) is 1. The van der Waals surface area contributed by atoms with E-state index in [0.29, 0.717) is 17.5 Å². The van der Waals surface area contributed by atoms with Crippen LogP contribution in [0, 0.1) is 32.1 Å². The summed E-state index contributed by atoms with van der Waals surface area (Å²) in [7, 11) is 0. The maximum Gasteiger partial charge on any atom is 0.236 e. The smallest absolute Gasteiger partial charge is 0.236 e. The Morgan fingerprint density at radius 2 is 1.87 bits per heavy atom. The standard InChI is InChI=1S/C18H21N3O2/c1-12-8-13(2)17(14(3)9-12)22-11-16-20-15(10-19)18(23-16)21-6-4-5-7-21/h8-9H,4-7,11H2,1-3H3. The fourth-order valence-corrected chi connectivity index (χ4v) is 3.15. The molecule has 23 heavy (non-hydrogen) atoms. The Morgan fingerprint density at radius 1 is 1.22 bits per heavy atom. The molecule has 1 aliphatic heterocycles. The summed E-state index contributed by atoms with van der Waals surface area (Å²) in [5, 5.41) is 9.26. The summed E-state index contributed by atoms with van der Waals surface area (Å²) in [6, 6.07) is 6.30. The second-order valence-electron chi connectivity index (χ2n) is 6.08. The zero-order chi connectivity index (χ0) is 16.4. The molecule has 5 nitrogen and oxygen atoms in total. The third-order valence-electron chi connectivity index (χ3n) is 4.10. The van der Waals surface area contributed by atoms with Gasteiger partial charge in [0.25, 0.3) is 0 Å². The fourth-order valence-electron chi connectivity index (χ4n) is 3.15. The van der Waals surface area contributed by atoms with E-state index in [2.05, 4.69) is 35.0 Å². The van der Waals surface area contributed by atoms with Crippen molar-refractivity contribution in [1.29, 1.82) is 5.26 Å². The van der Waals surface area contributed by atoms with Crippen molar-refractivity contribution in [2.75, 3.05) is 18.0 Å². The van der Waals surface area contributed by atoms with Gasteiger partial charge in [0.15, 0.2) is 6.61 Å². The highest BCUT2D eigenvalue weighted by Crippen LogP contribution is 2.28. The minimum atomic E-state index is 0.229. The summed E-state index contributed by atoms with van der Waals surface area (Å²) in [6.07, 6.45) is 2.25. The number of hydrogen-bond donors (Lipinski definition) is 0. The topological polar surface area (TPSA) is 62.3 Å². The lowest BCUT2D eigenvalue weighted by Gasteiger charge is -2.13. The third-order valence-corrected chi connectivity index (χ3v) is 4.10. The number of oxazole rings is 1. The van der Waals surface area contributed by atoms with Crippen molar-refractivity contribution in [2.24, 2.45) is 0 Å². The van der Waals surface area contributed by atoms with E-state index < -0.39 is 0 Å². The van der Waals surface area contributed by atoms with Crippen LogP contribution in [-0.2, 0) is 6.61 Å². The van der Waals surface area contributed by atoms with Crippen molar-refractivity contribution >= 4 is 5.88 Å². The minimum Gasteiger partial charge on any atom is -0.483 e. The number of rotatable bonds is 4. The van der Waals surface area contributed by atoms with Gasteiger partial charge in [0.05, 0.1) is 0 Å². The van der Waals surface area contributed by atoms with Gasteiger partial charge in [0, 0.05) is 13.1 Å². The van der Waals surface area contributed by atoms with Gasteiger partial charge in [0.1, 0.15) is 11.8 Å². The molecule has 2 heterocycles. The molecular formula is C18H21N3O2. The average Bonchev–Trinajstić information content (AvgIpc) is 3.14. The summed E-state index contributed by atoms with van der Waals surface area (Å²) in [5.74, 6) is 1.89. The summed E-state index contributed by atoms with van der Waals surface area (Å²) in [6.45, 7) is 8.19. The van der Waals surface area contributed by atoms with E-state index in [1.807, 2.05) is 13.8 Å². The highest BCUT2D eigenvalue weighted by molar-refractivity contribution is 5.48. The quantitative estimate of drug-likeness (QED) is 0.862. The van der Waals surface area contributed by atoms with Gasteiger partial charge in [-0.3, -0.25) is 0 Å². The Bertz CT molecular complexity index is 729. The van der Waals surface area contributed by atoms with E-state index in [0.717, 1.165) is 42.8 Å². The number of nitriles is 1. The van der Waals surface area contributed by atoms with E-state index in [-0.39, 0.29) is 6.61 Å². The predicted octanol–water partition coefficient (Wildman–Crippen LogP) is 3.65. The molecule has 0 unspecified atom stereocenters. The van der Waals surface area contributed by atoms with E-state index >= 15 is 0 Å². The fraction of sp³-hybridized carbons (Fsp3) is 0.444. The van der Waals surface area contributed by atoms with Crippen molar-refractivity contribution in [1.82, 2.24) is 4.98 Å². The molecule has 5 heteroatoms. The maximum absolute atomic E-state index is 9.26. The molecule has 0 N–H and O–H groups in total. The Hall–Kier alpha value is -2.48. The molecule has 0 amide bonds. The van der Waals surface area contributed by atoms with Crippen LogP contribution < -0.4 is 9.64 Å². The van der Waals surface area contributed by atoms with Gasteiger partial charge in [0.2, 0.25) is 17.5 Å². The monoisotopic (exact) mass is 311 g/mol. The number of aromatic nitrogens is 1. The maximum atomic E-state index is 9.26. The second kappa shape index (κ2) is 6.33. The van der Waals surface area contributed by atoms with E-state index in [1.165, 1.54) is 5.56 Å². The number of hydrogen-bond acceptors (Lipinski definition) is 5. The molecule has 0 atom stereocenters. The van der Waals surface area contributed by atoms with Crippen LogP contribution in [0.5, 0.6) is 5.75 Å².